The molecule has 2 nitrogen and oxygen atoms in total. The molecule has 98 valence electrons. The van der Waals surface area contributed by atoms with E-state index >= 15 is 0 Å². The SMILES string of the molecule is Cc1cc(F)cc(C(=O)c2ccccc2CCN)c1. The summed E-state index contributed by atoms with van der Waals surface area (Å²) >= 11 is 0. The van der Waals surface area contributed by atoms with Gasteiger partial charge in [-0.25, -0.2) is 4.39 Å². The molecule has 0 aliphatic heterocycles. The molecule has 0 saturated heterocycles. The Hall–Kier alpha value is -2.00. The Morgan fingerprint density at radius 3 is 2.63 bits per heavy atom. The van der Waals surface area contributed by atoms with E-state index in [1.165, 1.54) is 12.1 Å². The number of halogens is 1. The Bertz CT molecular complexity index is 587. The van der Waals surface area contributed by atoms with Crippen LogP contribution in [-0.4, -0.2) is 12.3 Å². The quantitative estimate of drug-likeness (QED) is 0.856. The van der Waals surface area contributed by atoms with Gasteiger partial charge in [-0.1, -0.05) is 24.3 Å². The zero-order valence-corrected chi connectivity index (χ0v) is 10.8. The molecule has 0 aliphatic carbocycles. The first kappa shape index (κ1) is 13.4. The van der Waals surface area contributed by atoms with Crippen LogP contribution in [0.15, 0.2) is 42.5 Å². The minimum absolute atomic E-state index is 0.161. The topological polar surface area (TPSA) is 43.1 Å². The standard InChI is InChI=1S/C16H16FNO/c1-11-8-13(10-14(17)9-11)16(19)15-5-3-2-4-12(15)6-7-18/h2-5,8-10H,6-7,18H2,1H3. The molecule has 0 aromatic heterocycles. The normalized spacial score (nSPS) is 10.5. The van der Waals surface area contributed by atoms with Gasteiger partial charge < -0.3 is 5.73 Å². The highest BCUT2D eigenvalue weighted by Crippen LogP contribution is 2.17. The van der Waals surface area contributed by atoms with Gasteiger partial charge in [0.05, 0.1) is 0 Å². The lowest BCUT2D eigenvalue weighted by Crippen LogP contribution is -2.10. The molecule has 2 rings (SSSR count). The van der Waals surface area contributed by atoms with Crippen molar-refractivity contribution in [2.75, 3.05) is 6.54 Å². The molecule has 0 radical (unpaired) electrons. The van der Waals surface area contributed by atoms with Crippen LogP contribution < -0.4 is 5.73 Å². The fourth-order valence-corrected chi connectivity index (χ4v) is 2.14. The number of hydrogen-bond acceptors (Lipinski definition) is 2. The van der Waals surface area contributed by atoms with E-state index in [-0.39, 0.29) is 11.6 Å². The van der Waals surface area contributed by atoms with Crippen LogP contribution in [0.4, 0.5) is 4.39 Å². The van der Waals surface area contributed by atoms with Crippen molar-refractivity contribution in [1.82, 2.24) is 0 Å². The summed E-state index contributed by atoms with van der Waals surface area (Å²) in [4.78, 5) is 12.4. The molecule has 2 N–H and O–H groups in total. The minimum atomic E-state index is -0.389. The van der Waals surface area contributed by atoms with Crippen molar-refractivity contribution in [3.63, 3.8) is 0 Å². The molecule has 0 saturated carbocycles. The maximum Gasteiger partial charge on any atom is 0.193 e. The highest BCUT2D eigenvalue weighted by Gasteiger charge is 2.14. The summed E-state index contributed by atoms with van der Waals surface area (Å²) in [5.41, 5.74) is 8.15. The molecular weight excluding hydrogens is 241 g/mol. The summed E-state index contributed by atoms with van der Waals surface area (Å²) in [7, 11) is 0. The largest absolute Gasteiger partial charge is 0.330 e. The molecule has 0 aliphatic rings. The lowest BCUT2D eigenvalue weighted by atomic mass is 9.96. The molecule has 0 amide bonds. The van der Waals surface area contributed by atoms with Gasteiger partial charge >= 0.3 is 0 Å². The summed E-state index contributed by atoms with van der Waals surface area (Å²) in [6.45, 7) is 2.25. The fourth-order valence-electron chi connectivity index (χ4n) is 2.14. The second-order valence-electron chi connectivity index (χ2n) is 4.54. The van der Waals surface area contributed by atoms with Crippen molar-refractivity contribution >= 4 is 5.78 Å². The second kappa shape index (κ2) is 5.76. The highest BCUT2D eigenvalue weighted by molar-refractivity contribution is 6.10. The Morgan fingerprint density at radius 1 is 1.21 bits per heavy atom. The lowest BCUT2D eigenvalue weighted by Gasteiger charge is -2.08. The van der Waals surface area contributed by atoms with Crippen molar-refractivity contribution < 1.29 is 9.18 Å². The van der Waals surface area contributed by atoms with Crippen molar-refractivity contribution in [2.24, 2.45) is 5.73 Å². The van der Waals surface area contributed by atoms with Gasteiger partial charge in [-0.05, 0) is 49.2 Å². The molecule has 0 fully saturated rings. The molecule has 0 atom stereocenters. The molecule has 0 spiro atoms. The van der Waals surface area contributed by atoms with E-state index in [0.29, 0.717) is 24.1 Å². The number of nitrogens with two attached hydrogens (primary N) is 1. The van der Waals surface area contributed by atoms with E-state index < -0.39 is 0 Å². The Kier molecular flexibility index (Phi) is 4.07. The van der Waals surface area contributed by atoms with E-state index in [9.17, 15) is 9.18 Å². The summed E-state index contributed by atoms with van der Waals surface area (Å²) in [6, 6.07) is 11.7. The van der Waals surface area contributed by atoms with Crippen LogP contribution in [0.2, 0.25) is 0 Å². The summed E-state index contributed by atoms with van der Waals surface area (Å²) < 4.78 is 13.4. The number of carbonyl (C=O) groups excluding carboxylic acids is 1. The predicted molar refractivity (Wildman–Crippen MR) is 73.8 cm³/mol. The number of rotatable bonds is 4. The van der Waals surface area contributed by atoms with E-state index in [2.05, 4.69) is 0 Å². The fraction of sp³-hybridized carbons (Fsp3) is 0.188. The monoisotopic (exact) mass is 257 g/mol. The van der Waals surface area contributed by atoms with Gasteiger partial charge in [-0.15, -0.1) is 0 Å². The van der Waals surface area contributed by atoms with Crippen LogP contribution >= 0.6 is 0 Å². The third-order valence-corrected chi connectivity index (χ3v) is 2.98. The highest BCUT2D eigenvalue weighted by atomic mass is 19.1. The van der Waals surface area contributed by atoms with Crippen molar-refractivity contribution in [2.45, 2.75) is 13.3 Å². The van der Waals surface area contributed by atoms with Crippen LogP contribution in [0.3, 0.4) is 0 Å². The zero-order valence-electron chi connectivity index (χ0n) is 10.8. The summed E-state index contributed by atoms with van der Waals surface area (Å²) in [6.07, 6.45) is 0.635. The first-order valence-electron chi connectivity index (χ1n) is 6.21. The molecule has 19 heavy (non-hydrogen) atoms. The van der Waals surface area contributed by atoms with Crippen LogP contribution in [0.5, 0.6) is 0 Å². The van der Waals surface area contributed by atoms with E-state index in [1.807, 2.05) is 12.1 Å². The van der Waals surface area contributed by atoms with Gasteiger partial charge in [-0.2, -0.15) is 0 Å². The van der Waals surface area contributed by atoms with Gasteiger partial charge in [0, 0.05) is 11.1 Å². The van der Waals surface area contributed by atoms with Crippen LogP contribution in [0.1, 0.15) is 27.0 Å². The predicted octanol–water partition coefficient (Wildman–Crippen LogP) is 2.87. The van der Waals surface area contributed by atoms with Crippen LogP contribution in [0.25, 0.3) is 0 Å². The van der Waals surface area contributed by atoms with Crippen LogP contribution in [0, 0.1) is 12.7 Å². The number of aryl methyl sites for hydroxylation is 1. The first-order valence-corrected chi connectivity index (χ1v) is 6.21. The van der Waals surface area contributed by atoms with Gasteiger partial charge in [0.15, 0.2) is 5.78 Å². The molecule has 0 heterocycles. The molecule has 2 aromatic rings. The minimum Gasteiger partial charge on any atom is -0.330 e. The number of benzene rings is 2. The van der Waals surface area contributed by atoms with Crippen molar-refractivity contribution in [1.29, 1.82) is 0 Å². The Balaban J connectivity index is 2.44. The van der Waals surface area contributed by atoms with Gasteiger partial charge in [0.1, 0.15) is 5.82 Å². The Morgan fingerprint density at radius 2 is 1.95 bits per heavy atom. The molecular formula is C16H16FNO. The summed E-state index contributed by atoms with van der Waals surface area (Å²) in [5.74, 6) is -0.550. The Labute approximate surface area is 112 Å². The van der Waals surface area contributed by atoms with Crippen molar-refractivity contribution in [3.05, 3.63) is 70.5 Å². The molecule has 0 bridgehead atoms. The van der Waals surface area contributed by atoms with E-state index in [1.54, 1.807) is 25.1 Å². The second-order valence-corrected chi connectivity index (χ2v) is 4.54. The summed E-state index contributed by atoms with van der Waals surface area (Å²) in [5, 5.41) is 0. The zero-order chi connectivity index (χ0) is 13.8. The molecule has 2 aromatic carbocycles. The number of carbonyl (C=O) groups is 1. The average Bonchev–Trinajstić information content (AvgIpc) is 2.38. The van der Waals surface area contributed by atoms with E-state index in [4.69, 9.17) is 5.73 Å². The molecule has 0 unspecified atom stereocenters. The number of hydrogen-bond donors (Lipinski definition) is 1. The van der Waals surface area contributed by atoms with Gasteiger partial charge in [-0.3, -0.25) is 4.79 Å². The third-order valence-electron chi connectivity index (χ3n) is 2.98. The first-order chi connectivity index (χ1) is 9.11. The van der Waals surface area contributed by atoms with Crippen LogP contribution in [-0.2, 0) is 6.42 Å². The van der Waals surface area contributed by atoms with Gasteiger partial charge in [0.25, 0.3) is 0 Å². The maximum atomic E-state index is 13.4. The smallest absolute Gasteiger partial charge is 0.193 e. The molecule has 3 heteroatoms. The maximum absolute atomic E-state index is 13.4. The number of ketones is 1. The van der Waals surface area contributed by atoms with E-state index in [0.717, 1.165) is 11.1 Å². The lowest BCUT2D eigenvalue weighted by molar-refractivity contribution is 0.103. The van der Waals surface area contributed by atoms with Gasteiger partial charge in [0.2, 0.25) is 0 Å². The average molecular weight is 257 g/mol. The van der Waals surface area contributed by atoms with Crippen molar-refractivity contribution in [3.8, 4) is 0 Å². The third kappa shape index (κ3) is 3.06.